The highest BCUT2D eigenvalue weighted by molar-refractivity contribution is 5.77. The highest BCUT2D eigenvalue weighted by Gasteiger charge is 2.30. The largest absolute Gasteiger partial charge is 0.367 e. The smallest absolute Gasteiger partial charge is 0.146 e. The Balaban J connectivity index is 1.69. The molecule has 0 spiro atoms. The van der Waals surface area contributed by atoms with Gasteiger partial charge in [-0.3, -0.25) is 0 Å². The first kappa shape index (κ1) is 21.0. The highest BCUT2D eigenvalue weighted by Crippen LogP contribution is 2.39. The zero-order valence-electron chi connectivity index (χ0n) is 18.3. The number of hydrogen-bond acceptors (Lipinski definition) is 2. The van der Waals surface area contributed by atoms with Crippen LogP contribution in [-0.2, 0) is 6.42 Å². The number of rotatable bonds is 9. The van der Waals surface area contributed by atoms with Gasteiger partial charge in [-0.05, 0) is 86.8 Å². The Hall–Kier alpha value is -2.29. The normalized spacial score (nSPS) is 17.0. The fourth-order valence-corrected chi connectivity index (χ4v) is 4.64. The van der Waals surface area contributed by atoms with Crippen molar-refractivity contribution in [1.29, 1.82) is 0 Å². The minimum atomic E-state index is -0.191. The molecule has 2 fully saturated rings. The molecule has 30 heavy (non-hydrogen) atoms. The molecule has 0 unspecified atom stereocenters. The van der Waals surface area contributed by atoms with E-state index in [0.29, 0.717) is 11.7 Å². The van der Waals surface area contributed by atoms with E-state index < -0.39 is 0 Å². The molecule has 0 aliphatic heterocycles. The Morgan fingerprint density at radius 1 is 1.03 bits per heavy atom. The maximum absolute atomic E-state index is 14.7. The third kappa shape index (κ3) is 5.24. The lowest BCUT2D eigenvalue weighted by molar-refractivity contribution is 0.410. The second kappa shape index (κ2) is 9.68. The molecule has 0 aromatic heterocycles. The van der Waals surface area contributed by atoms with Gasteiger partial charge >= 0.3 is 0 Å². The molecular weight excluding hydrogens is 371 g/mol. The first-order valence-electron chi connectivity index (χ1n) is 11.7. The van der Waals surface area contributed by atoms with Crippen molar-refractivity contribution >= 4 is 17.1 Å². The third-order valence-electron chi connectivity index (χ3n) is 6.57. The van der Waals surface area contributed by atoms with Crippen LogP contribution in [0, 0.1) is 18.7 Å². The number of benzene rings is 2. The Labute approximate surface area is 181 Å². The second-order valence-electron chi connectivity index (χ2n) is 9.17. The number of halogens is 1. The Kier molecular flexibility index (Phi) is 6.76. The van der Waals surface area contributed by atoms with Crippen molar-refractivity contribution in [2.24, 2.45) is 5.92 Å². The van der Waals surface area contributed by atoms with Crippen LogP contribution in [0.1, 0.15) is 62.5 Å². The Morgan fingerprint density at radius 3 is 2.53 bits per heavy atom. The summed E-state index contributed by atoms with van der Waals surface area (Å²) in [6.45, 7) is 6.91. The molecule has 2 aliphatic carbocycles. The quantitative estimate of drug-likeness (QED) is 0.433. The van der Waals surface area contributed by atoms with Gasteiger partial charge in [-0.15, -0.1) is 6.58 Å². The van der Waals surface area contributed by atoms with Gasteiger partial charge in [-0.25, -0.2) is 4.39 Å². The molecule has 0 heterocycles. The van der Waals surface area contributed by atoms with Crippen LogP contribution in [-0.4, -0.2) is 12.6 Å². The highest BCUT2D eigenvalue weighted by atomic mass is 19.1. The van der Waals surface area contributed by atoms with Crippen molar-refractivity contribution < 1.29 is 4.39 Å². The molecule has 0 saturated heterocycles. The third-order valence-corrected chi connectivity index (χ3v) is 6.57. The van der Waals surface area contributed by atoms with Gasteiger partial charge in [0.1, 0.15) is 5.82 Å². The number of nitrogens with zero attached hydrogens (tertiary/aromatic N) is 1. The summed E-state index contributed by atoms with van der Waals surface area (Å²) in [5.41, 5.74) is 5.03. The summed E-state index contributed by atoms with van der Waals surface area (Å²) in [7, 11) is 0. The van der Waals surface area contributed by atoms with Crippen LogP contribution in [0.3, 0.4) is 0 Å². The van der Waals surface area contributed by atoms with E-state index in [4.69, 9.17) is 0 Å². The van der Waals surface area contributed by atoms with Gasteiger partial charge in [0, 0.05) is 12.6 Å². The molecule has 1 N–H and O–H groups in total. The van der Waals surface area contributed by atoms with Crippen molar-refractivity contribution in [1.82, 2.24) is 0 Å². The summed E-state index contributed by atoms with van der Waals surface area (Å²) in [6, 6.07) is 12.8. The van der Waals surface area contributed by atoms with Gasteiger partial charge in [-0.2, -0.15) is 0 Å². The lowest BCUT2D eigenvalue weighted by atomic mass is 9.93. The summed E-state index contributed by atoms with van der Waals surface area (Å²) < 4.78 is 14.7. The molecule has 2 aromatic carbocycles. The number of hydrogen-bond donors (Lipinski definition) is 1. The number of allylic oxidation sites excluding steroid dienone is 1. The van der Waals surface area contributed by atoms with Gasteiger partial charge in [0.25, 0.3) is 0 Å². The van der Waals surface area contributed by atoms with E-state index >= 15 is 0 Å². The van der Waals surface area contributed by atoms with Crippen LogP contribution in [0.25, 0.3) is 0 Å². The molecular formula is C27H35FN2. The first-order valence-corrected chi connectivity index (χ1v) is 11.7. The lowest BCUT2D eigenvalue weighted by Gasteiger charge is -2.38. The standard InChI is InChI=1S/C27H35FN2/c1-3-4-8-21-14-16-27(26(18-21)29-25-15-11-20(2)17-24(25)28)30(19-22-12-13-22)23-9-6-5-7-10-23/h3,11,14-18,22-23,29H,1,4-10,12-13,19H2,2H3. The fraction of sp³-hybridized carbons (Fsp3) is 0.481. The predicted octanol–water partition coefficient (Wildman–Crippen LogP) is 7.55. The van der Waals surface area contributed by atoms with E-state index in [2.05, 4.69) is 35.0 Å². The number of anilines is 3. The molecule has 160 valence electrons. The summed E-state index contributed by atoms with van der Waals surface area (Å²) in [5.74, 6) is 0.625. The number of nitrogens with one attached hydrogen (secondary N) is 1. The summed E-state index contributed by atoms with van der Waals surface area (Å²) in [5, 5.41) is 3.46. The molecule has 0 radical (unpaired) electrons. The Morgan fingerprint density at radius 2 is 1.83 bits per heavy atom. The molecule has 4 rings (SSSR count). The van der Waals surface area contributed by atoms with Gasteiger partial charge in [0.15, 0.2) is 0 Å². The molecule has 0 bridgehead atoms. The predicted molar refractivity (Wildman–Crippen MR) is 126 cm³/mol. The van der Waals surface area contributed by atoms with Crippen molar-refractivity contribution in [2.75, 3.05) is 16.8 Å². The van der Waals surface area contributed by atoms with E-state index in [1.165, 1.54) is 56.2 Å². The zero-order chi connectivity index (χ0) is 20.9. The van der Waals surface area contributed by atoms with Crippen molar-refractivity contribution in [3.05, 3.63) is 66.0 Å². The summed E-state index contributed by atoms with van der Waals surface area (Å²) in [4.78, 5) is 2.64. The van der Waals surface area contributed by atoms with Crippen LogP contribution in [0.5, 0.6) is 0 Å². The summed E-state index contributed by atoms with van der Waals surface area (Å²) >= 11 is 0. The van der Waals surface area contributed by atoms with Crippen LogP contribution in [0.15, 0.2) is 49.1 Å². The maximum atomic E-state index is 14.7. The van der Waals surface area contributed by atoms with Crippen molar-refractivity contribution in [3.63, 3.8) is 0 Å². The van der Waals surface area contributed by atoms with Crippen LogP contribution < -0.4 is 10.2 Å². The minimum Gasteiger partial charge on any atom is -0.367 e. The van der Waals surface area contributed by atoms with Gasteiger partial charge in [0.2, 0.25) is 0 Å². The van der Waals surface area contributed by atoms with Gasteiger partial charge in [0.05, 0.1) is 17.1 Å². The molecule has 2 aliphatic rings. The van der Waals surface area contributed by atoms with Crippen molar-refractivity contribution in [3.8, 4) is 0 Å². The molecule has 2 nitrogen and oxygen atoms in total. The maximum Gasteiger partial charge on any atom is 0.146 e. The average molecular weight is 407 g/mol. The zero-order valence-corrected chi connectivity index (χ0v) is 18.3. The first-order chi connectivity index (χ1) is 14.6. The van der Waals surface area contributed by atoms with E-state index in [1.807, 2.05) is 25.1 Å². The molecule has 0 amide bonds. The summed E-state index contributed by atoms with van der Waals surface area (Å²) in [6.07, 6.45) is 13.1. The van der Waals surface area contributed by atoms with Crippen LogP contribution in [0.2, 0.25) is 0 Å². The SMILES string of the molecule is C=CCCc1ccc(N(CC2CC2)C2CCCCC2)c(Nc2ccc(C)cc2F)c1. The van der Waals surface area contributed by atoms with E-state index in [9.17, 15) is 4.39 Å². The van der Waals surface area contributed by atoms with Gasteiger partial charge < -0.3 is 10.2 Å². The van der Waals surface area contributed by atoms with Crippen LogP contribution in [0.4, 0.5) is 21.5 Å². The molecule has 2 saturated carbocycles. The monoisotopic (exact) mass is 406 g/mol. The minimum absolute atomic E-state index is 0.191. The van der Waals surface area contributed by atoms with E-state index in [-0.39, 0.29) is 5.82 Å². The fourth-order valence-electron chi connectivity index (χ4n) is 4.64. The average Bonchev–Trinajstić information content (AvgIpc) is 3.58. The second-order valence-corrected chi connectivity index (χ2v) is 9.17. The van der Waals surface area contributed by atoms with Gasteiger partial charge in [-0.1, -0.05) is 37.5 Å². The van der Waals surface area contributed by atoms with Crippen molar-refractivity contribution in [2.45, 2.75) is 70.8 Å². The topological polar surface area (TPSA) is 15.3 Å². The molecule has 2 aromatic rings. The molecule has 0 atom stereocenters. The Bertz CT molecular complexity index is 865. The van der Waals surface area contributed by atoms with E-state index in [0.717, 1.165) is 36.6 Å². The lowest BCUT2D eigenvalue weighted by Crippen LogP contribution is -2.38. The van der Waals surface area contributed by atoms with E-state index in [1.54, 1.807) is 6.07 Å². The molecule has 3 heteroatoms. The van der Waals surface area contributed by atoms with Crippen LogP contribution >= 0.6 is 0 Å². The number of aryl methyl sites for hydroxylation is 2.